The molecule has 1 rings (SSSR count). The lowest BCUT2D eigenvalue weighted by Gasteiger charge is -2.09. The van der Waals surface area contributed by atoms with Gasteiger partial charge in [-0.2, -0.15) is 0 Å². The second-order valence-corrected chi connectivity index (χ2v) is 4.29. The van der Waals surface area contributed by atoms with Gasteiger partial charge in [0.15, 0.2) is 11.5 Å². The van der Waals surface area contributed by atoms with Crippen molar-refractivity contribution in [3.05, 3.63) is 23.8 Å². The van der Waals surface area contributed by atoms with Crippen LogP contribution >= 0.6 is 0 Å². The smallest absolute Gasteiger partial charge is 0.338 e. The van der Waals surface area contributed by atoms with Crippen LogP contribution in [-0.2, 0) is 19.1 Å². The number of rotatable bonds is 7. The molecule has 1 aromatic carbocycles. The summed E-state index contributed by atoms with van der Waals surface area (Å²) in [7, 11) is 2.72. The molecule has 8 heteroatoms. The number of hydrogen-bond donors (Lipinski definition) is 2. The molecule has 0 aliphatic heterocycles. The Labute approximate surface area is 131 Å². The fraction of sp³-hybridized carbons (Fsp3) is 0.267. The summed E-state index contributed by atoms with van der Waals surface area (Å²) < 4.78 is 14.3. The van der Waals surface area contributed by atoms with Crippen LogP contribution in [0.25, 0.3) is 6.08 Å². The van der Waals surface area contributed by atoms with Crippen LogP contribution in [0.3, 0.4) is 0 Å². The number of carbonyl (C=O) groups excluding carboxylic acids is 2. The maximum atomic E-state index is 11.5. The lowest BCUT2D eigenvalue weighted by atomic mass is 10.1. The van der Waals surface area contributed by atoms with Crippen molar-refractivity contribution in [3.63, 3.8) is 0 Å². The summed E-state index contributed by atoms with van der Waals surface area (Å²) in [5, 5.41) is 18.2. The van der Waals surface area contributed by atoms with Crippen LogP contribution in [0.15, 0.2) is 18.2 Å². The maximum Gasteiger partial charge on any atom is 0.338 e. The zero-order valence-corrected chi connectivity index (χ0v) is 12.6. The number of benzene rings is 1. The maximum absolute atomic E-state index is 11.5. The van der Waals surface area contributed by atoms with Crippen molar-refractivity contribution >= 4 is 24.0 Å². The Kier molecular flexibility index (Phi) is 6.60. The third-order valence-electron chi connectivity index (χ3n) is 2.67. The van der Waals surface area contributed by atoms with Crippen LogP contribution < -0.4 is 9.47 Å². The molecular weight excluding hydrogens is 308 g/mol. The van der Waals surface area contributed by atoms with Crippen molar-refractivity contribution in [3.8, 4) is 17.2 Å². The highest BCUT2D eigenvalue weighted by molar-refractivity contribution is 5.95. The van der Waals surface area contributed by atoms with Gasteiger partial charge in [0.05, 0.1) is 27.1 Å². The monoisotopic (exact) mass is 324 g/mol. The van der Waals surface area contributed by atoms with Gasteiger partial charge < -0.3 is 24.4 Å². The second kappa shape index (κ2) is 8.42. The van der Waals surface area contributed by atoms with Gasteiger partial charge in [0.2, 0.25) is 5.75 Å². The number of carbonyl (C=O) groups is 3. The van der Waals surface area contributed by atoms with Gasteiger partial charge in [0.1, 0.15) is 0 Å². The standard InChI is InChI=1S/C15H16O8/c1-21-10-7-9(8-11(22-2)15(10)20)3-5-13(18)23-14(19)6-4-12(16)17/h3,5,7-8,20H,4,6H2,1-2H3,(H,16,17). The van der Waals surface area contributed by atoms with E-state index < -0.39 is 30.7 Å². The van der Waals surface area contributed by atoms with E-state index in [1.807, 2.05) is 0 Å². The quantitative estimate of drug-likeness (QED) is 0.438. The van der Waals surface area contributed by atoms with Crippen molar-refractivity contribution in [1.29, 1.82) is 0 Å². The summed E-state index contributed by atoms with van der Waals surface area (Å²) in [6.45, 7) is 0. The van der Waals surface area contributed by atoms with E-state index >= 15 is 0 Å². The van der Waals surface area contributed by atoms with Gasteiger partial charge >= 0.3 is 17.9 Å². The minimum Gasteiger partial charge on any atom is -0.502 e. The highest BCUT2D eigenvalue weighted by Gasteiger charge is 2.12. The molecule has 0 spiro atoms. The summed E-state index contributed by atoms with van der Waals surface area (Å²) in [6.07, 6.45) is 1.51. The summed E-state index contributed by atoms with van der Waals surface area (Å²) in [4.78, 5) is 33.0. The third kappa shape index (κ3) is 5.70. The van der Waals surface area contributed by atoms with Crippen molar-refractivity contribution < 1.29 is 38.8 Å². The summed E-state index contributed by atoms with van der Waals surface area (Å²) >= 11 is 0. The molecule has 0 aliphatic carbocycles. The molecule has 2 N–H and O–H groups in total. The molecule has 0 saturated heterocycles. The number of carboxylic acids is 1. The lowest BCUT2D eigenvalue weighted by molar-refractivity contribution is -0.157. The molecule has 0 unspecified atom stereocenters. The Morgan fingerprint density at radius 2 is 1.65 bits per heavy atom. The average Bonchev–Trinajstić information content (AvgIpc) is 2.51. The Bertz CT molecular complexity index is 607. The Hall–Kier alpha value is -3.03. The minimum atomic E-state index is -1.16. The molecule has 0 heterocycles. The van der Waals surface area contributed by atoms with E-state index in [9.17, 15) is 19.5 Å². The Morgan fingerprint density at radius 1 is 1.09 bits per heavy atom. The van der Waals surface area contributed by atoms with E-state index in [1.54, 1.807) is 0 Å². The summed E-state index contributed by atoms with van der Waals surface area (Å²) in [5.41, 5.74) is 0.464. The molecule has 0 atom stereocenters. The number of phenolic OH excluding ortho intramolecular Hbond substituents is 1. The van der Waals surface area contributed by atoms with Gasteiger partial charge in [0, 0.05) is 6.08 Å². The molecule has 0 bridgehead atoms. The zero-order valence-electron chi connectivity index (χ0n) is 12.6. The van der Waals surface area contributed by atoms with Crippen molar-refractivity contribution in [2.75, 3.05) is 14.2 Å². The number of hydrogen-bond acceptors (Lipinski definition) is 7. The SMILES string of the molecule is COc1cc(C=CC(=O)OC(=O)CCC(=O)O)cc(OC)c1O. The first-order valence-electron chi connectivity index (χ1n) is 6.47. The van der Waals surface area contributed by atoms with Crippen LogP contribution in [0.2, 0.25) is 0 Å². The molecule has 124 valence electrons. The van der Waals surface area contributed by atoms with E-state index in [-0.39, 0.29) is 17.2 Å². The average molecular weight is 324 g/mol. The number of ether oxygens (including phenoxy) is 3. The highest BCUT2D eigenvalue weighted by atomic mass is 16.6. The largest absolute Gasteiger partial charge is 0.502 e. The fourth-order valence-electron chi connectivity index (χ4n) is 1.58. The highest BCUT2D eigenvalue weighted by Crippen LogP contribution is 2.37. The van der Waals surface area contributed by atoms with Gasteiger partial charge in [-0.15, -0.1) is 0 Å². The number of phenols is 1. The summed E-state index contributed by atoms with van der Waals surface area (Å²) in [5.74, 6) is -2.91. The van der Waals surface area contributed by atoms with Crippen molar-refractivity contribution in [2.45, 2.75) is 12.8 Å². The fourth-order valence-corrected chi connectivity index (χ4v) is 1.58. The predicted octanol–water partition coefficient (Wildman–Crippen LogP) is 1.36. The number of aromatic hydroxyl groups is 1. The molecule has 1 aromatic rings. The minimum absolute atomic E-state index is 0.148. The molecule has 23 heavy (non-hydrogen) atoms. The Morgan fingerprint density at radius 3 is 2.13 bits per heavy atom. The molecule has 0 radical (unpaired) electrons. The van der Waals surface area contributed by atoms with E-state index in [0.717, 1.165) is 6.08 Å². The van der Waals surface area contributed by atoms with Crippen molar-refractivity contribution in [1.82, 2.24) is 0 Å². The summed E-state index contributed by atoms with van der Waals surface area (Å²) in [6, 6.07) is 2.90. The number of aliphatic carboxylic acids is 1. The van der Waals surface area contributed by atoms with Crippen molar-refractivity contribution in [2.24, 2.45) is 0 Å². The van der Waals surface area contributed by atoms with Crippen LogP contribution in [-0.4, -0.2) is 42.3 Å². The first-order chi connectivity index (χ1) is 10.9. The van der Waals surface area contributed by atoms with Crippen LogP contribution in [0.4, 0.5) is 0 Å². The van der Waals surface area contributed by atoms with E-state index in [1.165, 1.54) is 32.4 Å². The van der Waals surface area contributed by atoms with Gasteiger partial charge in [-0.1, -0.05) is 0 Å². The molecule has 8 nitrogen and oxygen atoms in total. The van der Waals surface area contributed by atoms with E-state index in [0.29, 0.717) is 5.56 Å². The van der Waals surface area contributed by atoms with Gasteiger partial charge in [0.25, 0.3) is 0 Å². The topological polar surface area (TPSA) is 119 Å². The second-order valence-electron chi connectivity index (χ2n) is 4.29. The number of methoxy groups -OCH3 is 2. The molecular formula is C15H16O8. The molecule has 0 fully saturated rings. The molecule has 0 amide bonds. The molecule has 0 saturated carbocycles. The zero-order chi connectivity index (χ0) is 17.4. The normalized spacial score (nSPS) is 10.3. The predicted molar refractivity (Wildman–Crippen MR) is 78.2 cm³/mol. The van der Waals surface area contributed by atoms with Crippen LogP contribution in [0.5, 0.6) is 17.2 Å². The Balaban J connectivity index is 2.75. The van der Waals surface area contributed by atoms with Crippen LogP contribution in [0.1, 0.15) is 18.4 Å². The van der Waals surface area contributed by atoms with Gasteiger partial charge in [-0.25, -0.2) is 4.79 Å². The van der Waals surface area contributed by atoms with Gasteiger partial charge in [-0.3, -0.25) is 9.59 Å². The van der Waals surface area contributed by atoms with Crippen LogP contribution in [0, 0.1) is 0 Å². The number of esters is 2. The molecule has 0 aromatic heterocycles. The lowest BCUT2D eigenvalue weighted by Crippen LogP contribution is -2.11. The van der Waals surface area contributed by atoms with Gasteiger partial charge in [-0.05, 0) is 23.8 Å². The molecule has 0 aliphatic rings. The first-order valence-corrected chi connectivity index (χ1v) is 6.47. The van der Waals surface area contributed by atoms with E-state index in [2.05, 4.69) is 4.74 Å². The first kappa shape index (κ1) is 18.0. The number of carboxylic acid groups (broad SMARTS) is 1. The van der Waals surface area contributed by atoms with E-state index in [4.69, 9.17) is 14.6 Å². The third-order valence-corrected chi connectivity index (χ3v) is 2.67.